The number of fused-ring (bicyclic) bond motifs is 1. The minimum Gasteiger partial charge on any atom is -0.497 e. The molecule has 2 aromatic carbocycles. The van der Waals surface area contributed by atoms with Crippen molar-refractivity contribution in [1.29, 1.82) is 0 Å². The number of benzene rings is 2. The Morgan fingerprint density at radius 1 is 1.03 bits per heavy atom. The summed E-state index contributed by atoms with van der Waals surface area (Å²) in [4.78, 5) is 33.6. The highest BCUT2D eigenvalue weighted by Crippen LogP contribution is 2.29. The molecule has 0 aliphatic heterocycles. The molecule has 3 N–H and O–H groups in total. The fraction of sp³-hybridized carbons (Fsp3) is 0.0870. The number of nitrogens with two attached hydrogens (primary N) is 1. The van der Waals surface area contributed by atoms with Gasteiger partial charge in [-0.2, -0.15) is 0 Å². The Kier molecular flexibility index (Phi) is 5.39. The van der Waals surface area contributed by atoms with Crippen LogP contribution >= 0.6 is 22.9 Å². The predicted octanol–water partition coefficient (Wildman–Crippen LogP) is 3.85. The average molecular weight is 496 g/mol. The first-order valence-corrected chi connectivity index (χ1v) is 11.3. The molecule has 0 atom stereocenters. The second kappa shape index (κ2) is 8.40. The molecule has 0 saturated carbocycles. The Labute approximate surface area is 201 Å². The van der Waals surface area contributed by atoms with E-state index in [9.17, 15) is 9.59 Å². The molecule has 5 rings (SSSR count). The van der Waals surface area contributed by atoms with Gasteiger partial charge in [-0.15, -0.1) is 11.3 Å². The van der Waals surface area contributed by atoms with Gasteiger partial charge in [-0.25, -0.2) is 14.3 Å². The molecule has 0 spiro atoms. The zero-order valence-corrected chi connectivity index (χ0v) is 19.6. The van der Waals surface area contributed by atoms with E-state index in [0.717, 1.165) is 15.8 Å². The van der Waals surface area contributed by atoms with E-state index in [1.54, 1.807) is 28.8 Å². The number of rotatable bonds is 5. The van der Waals surface area contributed by atoms with E-state index in [-0.39, 0.29) is 16.4 Å². The van der Waals surface area contributed by atoms with Crippen molar-refractivity contribution in [2.24, 2.45) is 0 Å². The number of halogens is 1. The maximum atomic E-state index is 13.7. The van der Waals surface area contributed by atoms with Gasteiger partial charge in [0.2, 0.25) is 0 Å². The Balaban J connectivity index is 1.72. The van der Waals surface area contributed by atoms with Crippen LogP contribution in [0.2, 0.25) is 5.15 Å². The summed E-state index contributed by atoms with van der Waals surface area (Å²) in [5.41, 5.74) is 7.58. The number of thiazole rings is 1. The van der Waals surface area contributed by atoms with Crippen LogP contribution in [0.3, 0.4) is 0 Å². The molecule has 3 aromatic heterocycles. The lowest BCUT2D eigenvalue weighted by atomic mass is 10.1. The lowest BCUT2D eigenvalue weighted by molar-refractivity contribution is 0.401. The number of methoxy groups -OCH3 is 2. The van der Waals surface area contributed by atoms with E-state index in [4.69, 9.17) is 26.8 Å². The highest BCUT2D eigenvalue weighted by atomic mass is 35.5. The van der Waals surface area contributed by atoms with Crippen LogP contribution in [0.15, 0.2) is 63.5 Å². The van der Waals surface area contributed by atoms with Gasteiger partial charge in [0.25, 0.3) is 5.56 Å². The third-order valence-electron chi connectivity index (χ3n) is 5.38. The van der Waals surface area contributed by atoms with Crippen molar-refractivity contribution < 1.29 is 9.47 Å². The van der Waals surface area contributed by atoms with Gasteiger partial charge in [0.15, 0.2) is 5.13 Å². The van der Waals surface area contributed by atoms with Crippen LogP contribution in [0.5, 0.6) is 11.5 Å². The summed E-state index contributed by atoms with van der Waals surface area (Å²) in [6.07, 6.45) is 0. The number of hydrogen-bond acceptors (Lipinski definition) is 7. The summed E-state index contributed by atoms with van der Waals surface area (Å²) >= 11 is 7.87. The molecule has 0 radical (unpaired) electrons. The highest BCUT2D eigenvalue weighted by molar-refractivity contribution is 7.13. The molecule has 172 valence electrons. The fourth-order valence-electron chi connectivity index (χ4n) is 3.80. The van der Waals surface area contributed by atoms with Gasteiger partial charge in [-0.1, -0.05) is 23.7 Å². The fourth-order valence-corrected chi connectivity index (χ4v) is 4.66. The largest absolute Gasteiger partial charge is 0.497 e. The Morgan fingerprint density at radius 3 is 2.44 bits per heavy atom. The first-order chi connectivity index (χ1) is 16.4. The molecule has 9 nitrogen and oxygen atoms in total. The molecule has 0 bridgehead atoms. The Bertz CT molecular complexity index is 1650. The number of aromatic nitrogens is 4. The van der Waals surface area contributed by atoms with Crippen LogP contribution in [0, 0.1) is 0 Å². The smallest absolute Gasteiger partial charge is 0.333 e. The first-order valence-electron chi connectivity index (χ1n) is 10.0. The molecule has 0 saturated heterocycles. The quantitative estimate of drug-likeness (QED) is 0.382. The number of nitrogens with zero attached hydrogens (tertiary/aromatic N) is 3. The minimum atomic E-state index is -0.630. The van der Waals surface area contributed by atoms with Gasteiger partial charge in [0, 0.05) is 22.7 Å². The molecule has 3 heterocycles. The minimum absolute atomic E-state index is 0.208. The first kappa shape index (κ1) is 21.8. The monoisotopic (exact) mass is 495 g/mol. The molecule has 0 aliphatic rings. The molecule has 5 aromatic rings. The second-order valence-electron chi connectivity index (χ2n) is 7.29. The normalized spacial score (nSPS) is 11.1. The maximum Gasteiger partial charge on any atom is 0.333 e. The summed E-state index contributed by atoms with van der Waals surface area (Å²) < 4.78 is 13.2. The van der Waals surface area contributed by atoms with Gasteiger partial charge in [-0.3, -0.25) is 9.36 Å². The number of H-pyrrole nitrogens is 1. The molecule has 11 heteroatoms. The molecular formula is C23H18ClN5O4S. The van der Waals surface area contributed by atoms with Gasteiger partial charge in [0.05, 0.1) is 31.1 Å². The number of hydrogen-bond donors (Lipinski definition) is 2. The summed E-state index contributed by atoms with van der Waals surface area (Å²) in [5.74, 6) is 0.803. The Morgan fingerprint density at radius 2 is 1.79 bits per heavy atom. The summed E-state index contributed by atoms with van der Waals surface area (Å²) in [7, 11) is 2.95. The molecule has 0 unspecified atom stereocenters. The molecular weight excluding hydrogens is 478 g/mol. The standard InChI is InChI=1S/C23H18ClN5O4S/c1-32-14-7-8-18(33-2)17(9-14)29-21(30)20-15(27-23(29)31)10-19(24)28(20)13-5-3-12(4-6-13)16-11-34-22(25)26-16/h3-11H,1-2H3,(H2,25,26)(H,27,31). The summed E-state index contributed by atoms with van der Waals surface area (Å²) in [6, 6.07) is 13.8. The highest BCUT2D eigenvalue weighted by Gasteiger charge is 2.20. The molecule has 34 heavy (non-hydrogen) atoms. The van der Waals surface area contributed by atoms with Gasteiger partial charge >= 0.3 is 5.69 Å². The van der Waals surface area contributed by atoms with Crippen LogP contribution in [0.25, 0.3) is 33.7 Å². The van der Waals surface area contributed by atoms with Crippen LogP contribution < -0.4 is 26.5 Å². The van der Waals surface area contributed by atoms with Gasteiger partial charge in [-0.05, 0) is 30.3 Å². The number of nitrogen functional groups attached to an aromatic ring is 1. The Hall–Kier alpha value is -4.02. The zero-order valence-electron chi connectivity index (χ0n) is 18.0. The van der Waals surface area contributed by atoms with E-state index in [0.29, 0.717) is 27.8 Å². The van der Waals surface area contributed by atoms with Crippen LogP contribution in [0.1, 0.15) is 0 Å². The SMILES string of the molecule is COc1ccc(OC)c(-n2c(=O)[nH]c3cc(Cl)n(-c4ccc(-c5csc(N)n5)cc4)c3c2=O)c1. The van der Waals surface area contributed by atoms with Crippen molar-refractivity contribution in [1.82, 2.24) is 19.1 Å². The van der Waals surface area contributed by atoms with Crippen molar-refractivity contribution in [2.75, 3.05) is 20.0 Å². The number of aromatic amines is 1. The van der Waals surface area contributed by atoms with Crippen molar-refractivity contribution in [2.45, 2.75) is 0 Å². The lowest BCUT2D eigenvalue weighted by Gasteiger charge is -2.13. The second-order valence-corrected chi connectivity index (χ2v) is 8.57. The maximum absolute atomic E-state index is 13.7. The van der Waals surface area contributed by atoms with Crippen molar-refractivity contribution >= 4 is 39.1 Å². The van der Waals surface area contributed by atoms with Crippen LogP contribution in [-0.2, 0) is 0 Å². The zero-order chi connectivity index (χ0) is 24.0. The van der Waals surface area contributed by atoms with Crippen molar-refractivity contribution in [3.05, 3.63) is 79.9 Å². The van der Waals surface area contributed by atoms with Gasteiger partial charge in [0.1, 0.15) is 22.2 Å². The number of nitrogens with one attached hydrogen (secondary N) is 1. The van der Waals surface area contributed by atoms with E-state index in [1.807, 2.05) is 29.6 Å². The molecule has 0 aliphatic carbocycles. The van der Waals surface area contributed by atoms with Crippen LogP contribution in [-0.4, -0.2) is 33.3 Å². The lowest BCUT2D eigenvalue weighted by Crippen LogP contribution is -2.34. The third-order valence-corrected chi connectivity index (χ3v) is 6.33. The van der Waals surface area contributed by atoms with Crippen LogP contribution in [0.4, 0.5) is 5.13 Å². The molecule has 0 amide bonds. The van der Waals surface area contributed by atoms with Gasteiger partial charge < -0.3 is 20.2 Å². The third kappa shape index (κ3) is 3.53. The average Bonchev–Trinajstić information content (AvgIpc) is 3.41. The number of anilines is 1. The summed E-state index contributed by atoms with van der Waals surface area (Å²) in [5, 5.41) is 2.62. The topological polar surface area (TPSA) is 117 Å². The predicted molar refractivity (Wildman–Crippen MR) is 133 cm³/mol. The van der Waals surface area contributed by atoms with E-state index in [1.165, 1.54) is 25.6 Å². The number of ether oxygens (including phenoxy) is 2. The van der Waals surface area contributed by atoms with Crippen molar-refractivity contribution in [3.8, 4) is 34.1 Å². The van der Waals surface area contributed by atoms with E-state index in [2.05, 4.69) is 9.97 Å². The van der Waals surface area contributed by atoms with E-state index < -0.39 is 11.2 Å². The molecule has 0 fully saturated rings. The van der Waals surface area contributed by atoms with E-state index >= 15 is 0 Å². The van der Waals surface area contributed by atoms with Crippen molar-refractivity contribution in [3.63, 3.8) is 0 Å². The summed E-state index contributed by atoms with van der Waals surface area (Å²) in [6.45, 7) is 0.